The van der Waals surface area contributed by atoms with Gasteiger partial charge in [0.1, 0.15) is 5.82 Å². The lowest BCUT2D eigenvalue weighted by atomic mass is 9.94. The molecule has 2 fully saturated rings. The van der Waals surface area contributed by atoms with Gasteiger partial charge in [-0.1, -0.05) is 11.6 Å². The standard InChI is InChI=1S/C24H31ClN4O/c1-27(2)16-19-9-12-26-23(15-19)28-13-10-20(11-14-28)24(30)29(17-18-3-4-18)22-7-5-21(25)6-8-22/h5-9,12,15,18,20H,3-4,10-11,13-14,16-17H2,1-2H3. The lowest BCUT2D eigenvalue weighted by Crippen LogP contribution is -2.43. The van der Waals surface area contributed by atoms with E-state index in [9.17, 15) is 4.79 Å². The zero-order valence-corrected chi connectivity index (χ0v) is 18.7. The van der Waals surface area contributed by atoms with Gasteiger partial charge in [0.2, 0.25) is 5.91 Å². The van der Waals surface area contributed by atoms with Crippen LogP contribution < -0.4 is 9.80 Å². The van der Waals surface area contributed by atoms with Crippen LogP contribution in [0, 0.1) is 11.8 Å². The Kier molecular flexibility index (Phi) is 6.59. The molecule has 0 N–H and O–H groups in total. The Bertz CT molecular complexity index is 858. The highest BCUT2D eigenvalue weighted by Crippen LogP contribution is 2.34. The Morgan fingerprint density at radius 2 is 1.80 bits per heavy atom. The quantitative estimate of drug-likeness (QED) is 0.655. The zero-order chi connectivity index (χ0) is 21.1. The number of aromatic nitrogens is 1. The van der Waals surface area contributed by atoms with Crippen molar-refractivity contribution in [3.63, 3.8) is 0 Å². The van der Waals surface area contributed by atoms with E-state index in [1.54, 1.807) is 0 Å². The van der Waals surface area contributed by atoms with Crippen LogP contribution in [0.3, 0.4) is 0 Å². The number of anilines is 2. The van der Waals surface area contributed by atoms with E-state index in [0.717, 1.165) is 50.5 Å². The molecule has 2 heterocycles. The van der Waals surface area contributed by atoms with E-state index in [1.165, 1.54) is 18.4 Å². The van der Waals surface area contributed by atoms with E-state index in [2.05, 4.69) is 41.0 Å². The normalized spacial score (nSPS) is 17.4. The first-order chi connectivity index (χ1) is 14.5. The number of carbonyl (C=O) groups excluding carboxylic acids is 1. The zero-order valence-electron chi connectivity index (χ0n) is 17.9. The largest absolute Gasteiger partial charge is 0.357 e. The van der Waals surface area contributed by atoms with Crippen LogP contribution in [-0.2, 0) is 11.3 Å². The third kappa shape index (κ3) is 5.32. The van der Waals surface area contributed by atoms with Gasteiger partial charge in [-0.3, -0.25) is 4.79 Å². The number of halogens is 1. The number of benzene rings is 1. The maximum Gasteiger partial charge on any atom is 0.230 e. The summed E-state index contributed by atoms with van der Waals surface area (Å²) in [5.74, 6) is 2.00. The van der Waals surface area contributed by atoms with Crippen molar-refractivity contribution in [3.05, 3.63) is 53.2 Å². The van der Waals surface area contributed by atoms with Crippen molar-refractivity contribution in [1.82, 2.24) is 9.88 Å². The third-order valence-electron chi connectivity index (χ3n) is 6.02. The fourth-order valence-electron chi connectivity index (χ4n) is 4.18. The molecular weight excluding hydrogens is 396 g/mol. The minimum atomic E-state index is 0.0700. The first-order valence-electron chi connectivity index (χ1n) is 10.9. The van der Waals surface area contributed by atoms with Gasteiger partial charge >= 0.3 is 0 Å². The summed E-state index contributed by atoms with van der Waals surface area (Å²) in [4.78, 5) is 24.5. The Morgan fingerprint density at radius 1 is 1.10 bits per heavy atom. The summed E-state index contributed by atoms with van der Waals surface area (Å²) in [6, 6.07) is 11.9. The van der Waals surface area contributed by atoms with Gasteiger partial charge in [-0.25, -0.2) is 4.98 Å². The van der Waals surface area contributed by atoms with Gasteiger partial charge in [0, 0.05) is 49.0 Å². The monoisotopic (exact) mass is 426 g/mol. The van der Waals surface area contributed by atoms with E-state index in [4.69, 9.17) is 11.6 Å². The van der Waals surface area contributed by atoms with Gasteiger partial charge < -0.3 is 14.7 Å². The topological polar surface area (TPSA) is 39.7 Å². The maximum absolute atomic E-state index is 13.4. The molecular formula is C24H31ClN4O. The number of carbonyl (C=O) groups is 1. The summed E-state index contributed by atoms with van der Waals surface area (Å²) in [5, 5.41) is 0.704. The van der Waals surface area contributed by atoms with Crippen LogP contribution >= 0.6 is 11.6 Å². The number of pyridine rings is 1. The van der Waals surface area contributed by atoms with E-state index in [-0.39, 0.29) is 11.8 Å². The van der Waals surface area contributed by atoms with Crippen LogP contribution in [0.4, 0.5) is 11.5 Å². The van der Waals surface area contributed by atoms with Gasteiger partial charge in [0.25, 0.3) is 0 Å². The summed E-state index contributed by atoms with van der Waals surface area (Å²) in [6.07, 6.45) is 6.08. The molecule has 1 saturated carbocycles. The molecule has 0 bridgehead atoms. The summed E-state index contributed by atoms with van der Waals surface area (Å²) < 4.78 is 0. The molecule has 6 heteroatoms. The Balaban J connectivity index is 1.41. The van der Waals surface area contributed by atoms with Crippen LogP contribution in [0.25, 0.3) is 0 Å². The molecule has 0 spiro atoms. The highest BCUT2D eigenvalue weighted by molar-refractivity contribution is 6.30. The number of amides is 1. The first kappa shape index (κ1) is 21.1. The molecule has 30 heavy (non-hydrogen) atoms. The fraction of sp³-hybridized carbons (Fsp3) is 0.500. The Morgan fingerprint density at radius 3 is 2.43 bits per heavy atom. The lowest BCUT2D eigenvalue weighted by molar-refractivity contribution is -0.123. The van der Waals surface area contributed by atoms with Gasteiger partial charge in [0.05, 0.1) is 0 Å². The number of nitrogens with zero attached hydrogens (tertiary/aromatic N) is 4. The number of hydrogen-bond acceptors (Lipinski definition) is 4. The summed E-state index contributed by atoms with van der Waals surface area (Å²) in [5.41, 5.74) is 2.23. The molecule has 1 aromatic heterocycles. The molecule has 1 amide bonds. The molecule has 160 valence electrons. The smallest absolute Gasteiger partial charge is 0.230 e. The average molecular weight is 427 g/mol. The number of piperidine rings is 1. The number of rotatable bonds is 7. The molecule has 1 saturated heterocycles. The molecule has 0 unspecified atom stereocenters. The summed E-state index contributed by atoms with van der Waals surface area (Å²) in [6.45, 7) is 3.47. The molecule has 0 radical (unpaired) electrons. The van der Waals surface area contributed by atoms with E-state index < -0.39 is 0 Å². The molecule has 2 aliphatic rings. The maximum atomic E-state index is 13.4. The van der Waals surface area contributed by atoms with Gasteiger partial charge in [-0.15, -0.1) is 0 Å². The van der Waals surface area contributed by atoms with Crippen molar-refractivity contribution in [2.45, 2.75) is 32.2 Å². The fourth-order valence-corrected chi connectivity index (χ4v) is 4.30. The molecule has 1 aromatic carbocycles. The molecule has 1 aliphatic heterocycles. The average Bonchev–Trinajstić information content (AvgIpc) is 3.56. The van der Waals surface area contributed by atoms with Gasteiger partial charge in [-0.05, 0) is 87.7 Å². The molecule has 1 aliphatic carbocycles. The highest BCUT2D eigenvalue weighted by Gasteiger charge is 2.33. The second kappa shape index (κ2) is 9.36. The molecule has 0 atom stereocenters. The van der Waals surface area contributed by atoms with E-state index in [1.807, 2.05) is 35.4 Å². The van der Waals surface area contributed by atoms with Gasteiger partial charge in [-0.2, -0.15) is 0 Å². The van der Waals surface area contributed by atoms with Crippen molar-refractivity contribution in [2.75, 3.05) is 43.5 Å². The lowest BCUT2D eigenvalue weighted by Gasteiger charge is -2.35. The van der Waals surface area contributed by atoms with Crippen LogP contribution in [0.5, 0.6) is 0 Å². The SMILES string of the molecule is CN(C)Cc1ccnc(N2CCC(C(=O)N(CC3CC3)c3ccc(Cl)cc3)CC2)c1. The van der Waals surface area contributed by atoms with Crippen molar-refractivity contribution in [1.29, 1.82) is 0 Å². The predicted molar refractivity (Wildman–Crippen MR) is 123 cm³/mol. The van der Waals surface area contributed by atoms with Crippen molar-refractivity contribution in [3.8, 4) is 0 Å². The van der Waals surface area contributed by atoms with Gasteiger partial charge in [0.15, 0.2) is 0 Å². The number of hydrogen-bond donors (Lipinski definition) is 0. The van der Waals surface area contributed by atoms with E-state index >= 15 is 0 Å². The van der Waals surface area contributed by atoms with E-state index in [0.29, 0.717) is 10.9 Å². The van der Waals surface area contributed by atoms with Crippen molar-refractivity contribution in [2.24, 2.45) is 11.8 Å². The van der Waals surface area contributed by atoms with Crippen LogP contribution in [0.1, 0.15) is 31.2 Å². The van der Waals surface area contributed by atoms with Crippen LogP contribution in [-0.4, -0.2) is 49.5 Å². The molecule has 4 rings (SSSR count). The highest BCUT2D eigenvalue weighted by atomic mass is 35.5. The Labute approximate surface area is 184 Å². The van der Waals surface area contributed by atoms with Crippen LogP contribution in [0.15, 0.2) is 42.6 Å². The Hall–Kier alpha value is -2.11. The minimum absolute atomic E-state index is 0.0700. The van der Waals surface area contributed by atoms with Crippen LogP contribution in [0.2, 0.25) is 5.02 Å². The first-order valence-corrected chi connectivity index (χ1v) is 11.3. The third-order valence-corrected chi connectivity index (χ3v) is 6.27. The predicted octanol–water partition coefficient (Wildman–Crippen LogP) is 4.46. The van der Waals surface area contributed by atoms with Crippen molar-refractivity contribution < 1.29 is 4.79 Å². The molecule has 2 aromatic rings. The van der Waals surface area contributed by atoms with Crippen molar-refractivity contribution >= 4 is 29.0 Å². The summed E-state index contributed by atoms with van der Waals surface area (Å²) in [7, 11) is 4.15. The second-order valence-electron chi connectivity index (χ2n) is 8.89. The minimum Gasteiger partial charge on any atom is -0.357 e. The summed E-state index contributed by atoms with van der Waals surface area (Å²) >= 11 is 6.06. The molecule has 5 nitrogen and oxygen atoms in total. The second-order valence-corrected chi connectivity index (χ2v) is 9.33.